The SMILES string of the molecule is C=C[C@H](COCc1ccccc1)[C@H](CO)Cc1ccc2c(c1)OCO2. The first-order chi connectivity index (χ1) is 12.3. The van der Waals surface area contributed by atoms with Crippen LogP contribution in [0.25, 0.3) is 0 Å². The van der Waals surface area contributed by atoms with Crippen molar-refractivity contribution in [3.8, 4) is 11.5 Å². The van der Waals surface area contributed by atoms with Crippen LogP contribution in [0, 0.1) is 11.8 Å². The fraction of sp³-hybridized carbons (Fsp3) is 0.333. The zero-order chi connectivity index (χ0) is 17.5. The summed E-state index contributed by atoms with van der Waals surface area (Å²) in [6, 6.07) is 16.0. The van der Waals surface area contributed by atoms with E-state index in [9.17, 15) is 5.11 Å². The average molecular weight is 340 g/mol. The normalized spacial score (nSPS) is 14.9. The molecule has 0 radical (unpaired) electrons. The highest BCUT2D eigenvalue weighted by atomic mass is 16.7. The molecule has 0 amide bonds. The van der Waals surface area contributed by atoms with Crippen LogP contribution < -0.4 is 9.47 Å². The minimum absolute atomic E-state index is 0.0497. The molecule has 2 atom stereocenters. The molecule has 1 aliphatic rings. The van der Waals surface area contributed by atoms with Gasteiger partial charge in [0, 0.05) is 12.5 Å². The Balaban J connectivity index is 1.57. The van der Waals surface area contributed by atoms with Crippen LogP contribution in [-0.2, 0) is 17.8 Å². The maximum absolute atomic E-state index is 9.84. The summed E-state index contributed by atoms with van der Waals surface area (Å²) in [5, 5.41) is 9.84. The van der Waals surface area contributed by atoms with Gasteiger partial charge >= 0.3 is 0 Å². The fourth-order valence-corrected chi connectivity index (χ4v) is 3.01. The van der Waals surface area contributed by atoms with Gasteiger partial charge in [0.1, 0.15) is 0 Å². The van der Waals surface area contributed by atoms with Crippen LogP contribution in [0.1, 0.15) is 11.1 Å². The summed E-state index contributed by atoms with van der Waals surface area (Å²) in [6.45, 7) is 5.37. The third kappa shape index (κ3) is 4.62. The summed E-state index contributed by atoms with van der Waals surface area (Å²) in [6.07, 6.45) is 2.61. The Labute approximate surface area is 148 Å². The quantitative estimate of drug-likeness (QED) is 0.709. The van der Waals surface area contributed by atoms with Crippen LogP contribution >= 0.6 is 0 Å². The van der Waals surface area contributed by atoms with Gasteiger partial charge in [-0.2, -0.15) is 0 Å². The molecule has 0 spiro atoms. The van der Waals surface area contributed by atoms with E-state index in [0.29, 0.717) is 13.2 Å². The predicted octanol–water partition coefficient (Wildman–Crippen LogP) is 3.59. The van der Waals surface area contributed by atoms with Crippen molar-refractivity contribution in [3.63, 3.8) is 0 Å². The zero-order valence-electron chi connectivity index (χ0n) is 14.3. The van der Waals surface area contributed by atoms with Crippen molar-refractivity contribution < 1.29 is 19.3 Å². The summed E-state index contributed by atoms with van der Waals surface area (Å²) in [7, 11) is 0. The third-order valence-corrected chi connectivity index (χ3v) is 4.50. The van der Waals surface area contributed by atoms with Crippen LogP contribution in [0.4, 0.5) is 0 Å². The van der Waals surface area contributed by atoms with Gasteiger partial charge in [0.05, 0.1) is 13.2 Å². The van der Waals surface area contributed by atoms with E-state index in [1.54, 1.807) is 0 Å². The van der Waals surface area contributed by atoms with Crippen molar-refractivity contribution in [1.82, 2.24) is 0 Å². The van der Waals surface area contributed by atoms with Crippen LogP contribution in [0.3, 0.4) is 0 Å². The molecule has 0 aliphatic carbocycles. The van der Waals surface area contributed by atoms with E-state index in [0.717, 1.165) is 29.0 Å². The highest BCUT2D eigenvalue weighted by Crippen LogP contribution is 2.33. The van der Waals surface area contributed by atoms with Gasteiger partial charge in [-0.3, -0.25) is 0 Å². The minimum atomic E-state index is 0.0497. The maximum atomic E-state index is 9.84. The lowest BCUT2D eigenvalue weighted by Crippen LogP contribution is -2.23. The summed E-state index contributed by atoms with van der Waals surface area (Å²) in [5.74, 6) is 1.67. The molecule has 2 aromatic rings. The monoisotopic (exact) mass is 340 g/mol. The van der Waals surface area contributed by atoms with Crippen molar-refractivity contribution >= 4 is 0 Å². The molecule has 0 fully saturated rings. The lowest BCUT2D eigenvalue weighted by molar-refractivity contribution is 0.0671. The molecule has 0 saturated heterocycles. The van der Waals surface area contributed by atoms with Crippen molar-refractivity contribution in [1.29, 1.82) is 0 Å². The smallest absolute Gasteiger partial charge is 0.231 e. The number of fused-ring (bicyclic) bond motifs is 1. The standard InChI is InChI=1S/C21H24O4/c1-2-18(14-23-13-16-6-4-3-5-7-16)19(12-22)10-17-8-9-20-21(11-17)25-15-24-20/h2-9,11,18-19,22H,1,10,12-15H2/t18-,19+/m1/s1. The van der Waals surface area contributed by atoms with Crippen molar-refractivity contribution in [2.45, 2.75) is 13.0 Å². The first-order valence-electron chi connectivity index (χ1n) is 8.53. The molecule has 1 heterocycles. The number of ether oxygens (including phenoxy) is 3. The van der Waals surface area contributed by atoms with Crippen LogP contribution in [0.5, 0.6) is 11.5 Å². The second-order valence-electron chi connectivity index (χ2n) is 6.23. The molecule has 1 aliphatic heterocycles. The third-order valence-electron chi connectivity index (χ3n) is 4.50. The number of hydrogen-bond donors (Lipinski definition) is 1. The van der Waals surface area contributed by atoms with E-state index in [2.05, 4.69) is 6.58 Å². The van der Waals surface area contributed by atoms with E-state index in [1.807, 2.05) is 54.6 Å². The molecule has 0 bridgehead atoms. The van der Waals surface area contributed by atoms with Crippen molar-refractivity contribution in [3.05, 3.63) is 72.3 Å². The number of aliphatic hydroxyl groups excluding tert-OH is 1. The molecular formula is C21H24O4. The molecule has 0 aromatic heterocycles. The van der Waals surface area contributed by atoms with Gasteiger partial charge in [0.15, 0.2) is 11.5 Å². The Bertz CT molecular complexity index is 684. The number of aliphatic hydroxyl groups is 1. The second-order valence-corrected chi connectivity index (χ2v) is 6.23. The summed E-state index contributed by atoms with van der Waals surface area (Å²) < 4.78 is 16.6. The van der Waals surface area contributed by atoms with Gasteiger partial charge in [-0.15, -0.1) is 6.58 Å². The Morgan fingerprint density at radius 1 is 1.08 bits per heavy atom. The summed E-state index contributed by atoms with van der Waals surface area (Å²) >= 11 is 0. The van der Waals surface area contributed by atoms with Gasteiger partial charge in [0.25, 0.3) is 0 Å². The Hall–Kier alpha value is -2.30. The number of rotatable bonds is 9. The molecular weight excluding hydrogens is 316 g/mol. The number of hydrogen-bond acceptors (Lipinski definition) is 4. The molecule has 0 saturated carbocycles. The summed E-state index contributed by atoms with van der Waals surface area (Å²) in [5.41, 5.74) is 2.25. The Morgan fingerprint density at radius 2 is 1.88 bits per heavy atom. The molecule has 2 aromatic carbocycles. The lowest BCUT2D eigenvalue weighted by atomic mass is 9.87. The van der Waals surface area contributed by atoms with Gasteiger partial charge in [-0.1, -0.05) is 42.5 Å². The van der Waals surface area contributed by atoms with Crippen LogP contribution in [-0.4, -0.2) is 25.1 Å². The Kier molecular flexibility index (Phi) is 6.09. The first-order valence-corrected chi connectivity index (χ1v) is 8.53. The van der Waals surface area contributed by atoms with Gasteiger partial charge in [-0.05, 0) is 35.6 Å². The van der Waals surface area contributed by atoms with E-state index in [4.69, 9.17) is 14.2 Å². The molecule has 3 rings (SSSR count). The first kappa shape index (κ1) is 17.5. The molecule has 132 valence electrons. The molecule has 0 unspecified atom stereocenters. The Morgan fingerprint density at radius 3 is 2.64 bits per heavy atom. The molecule has 4 heteroatoms. The largest absolute Gasteiger partial charge is 0.454 e. The van der Waals surface area contributed by atoms with Gasteiger partial charge < -0.3 is 19.3 Å². The minimum Gasteiger partial charge on any atom is -0.454 e. The van der Waals surface area contributed by atoms with E-state index >= 15 is 0 Å². The highest BCUT2D eigenvalue weighted by molar-refractivity contribution is 5.44. The average Bonchev–Trinajstić information content (AvgIpc) is 3.12. The lowest BCUT2D eigenvalue weighted by Gasteiger charge is -2.23. The predicted molar refractivity (Wildman–Crippen MR) is 96.6 cm³/mol. The van der Waals surface area contributed by atoms with Crippen molar-refractivity contribution in [2.75, 3.05) is 20.0 Å². The topological polar surface area (TPSA) is 47.9 Å². The summed E-state index contributed by atoms with van der Waals surface area (Å²) in [4.78, 5) is 0. The zero-order valence-corrected chi connectivity index (χ0v) is 14.3. The van der Waals surface area contributed by atoms with Crippen LogP contribution in [0.15, 0.2) is 61.2 Å². The van der Waals surface area contributed by atoms with E-state index < -0.39 is 0 Å². The van der Waals surface area contributed by atoms with E-state index in [-0.39, 0.29) is 25.2 Å². The maximum Gasteiger partial charge on any atom is 0.231 e. The fourth-order valence-electron chi connectivity index (χ4n) is 3.01. The van der Waals surface area contributed by atoms with Crippen LogP contribution in [0.2, 0.25) is 0 Å². The molecule has 1 N–H and O–H groups in total. The van der Waals surface area contributed by atoms with E-state index in [1.165, 1.54) is 0 Å². The van der Waals surface area contributed by atoms with Gasteiger partial charge in [0.2, 0.25) is 6.79 Å². The molecule has 4 nitrogen and oxygen atoms in total. The van der Waals surface area contributed by atoms with Crippen molar-refractivity contribution in [2.24, 2.45) is 11.8 Å². The van der Waals surface area contributed by atoms with Gasteiger partial charge in [-0.25, -0.2) is 0 Å². The highest BCUT2D eigenvalue weighted by Gasteiger charge is 2.21. The number of benzene rings is 2. The molecule has 25 heavy (non-hydrogen) atoms. The second kappa shape index (κ2) is 8.70.